The number of anilines is 1. The van der Waals surface area contributed by atoms with E-state index >= 15 is 0 Å². The van der Waals surface area contributed by atoms with E-state index in [1.807, 2.05) is 30.0 Å². The Morgan fingerprint density at radius 2 is 1.87 bits per heavy atom. The van der Waals surface area contributed by atoms with Crippen molar-refractivity contribution < 1.29 is 4.79 Å². The lowest BCUT2D eigenvalue weighted by Crippen LogP contribution is -2.52. The van der Waals surface area contributed by atoms with Crippen molar-refractivity contribution in [2.45, 2.75) is 13.0 Å². The van der Waals surface area contributed by atoms with Crippen molar-refractivity contribution in [3.05, 3.63) is 36.2 Å². The van der Waals surface area contributed by atoms with Crippen LogP contribution in [0.2, 0.25) is 0 Å². The van der Waals surface area contributed by atoms with E-state index in [1.165, 1.54) is 5.69 Å². The molecule has 8 heteroatoms. The van der Waals surface area contributed by atoms with Crippen LogP contribution in [0, 0.1) is 0 Å². The van der Waals surface area contributed by atoms with Crippen molar-refractivity contribution in [1.82, 2.24) is 30.4 Å². The van der Waals surface area contributed by atoms with Crippen molar-refractivity contribution in [3.8, 4) is 0 Å². The van der Waals surface area contributed by atoms with Gasteiger partial charge in [0.15, 0.2) is 5.82 Å². The molecule has 2 heterocycles. The third-order valence-electron chi connectivity index (χ3n) is 4.07. The zero-order chi connectivity index (χ0) is 16.2. The summed E-state index contributed by atoms with van der Waals surface area (Å²) in [5.74, 6) is 0.640. The molecule has 1 saturated heterocycles. The molecule has 0 bridgehead atoms. The van der Waals surface area contributed by atoms with E-state index in [4.69, 9.17) is 0 Å². The second kappa shape index (κ2) is 6.64. The Morgan fingerprint density at radius 1 is 1.17 bits per heavy atom. The van der Waals surface area contributed by atoms with Gasteiger partial charge in [-0.05, 0) is 29.5 Å². The van der Waals surface area contributed by atoms with Crippen LogP contribution in [-0.2, 0) is 7.05 Å². The van der Waals surface area contributed by atoms with Crippen LogP contribution in [-0.4, -0.2) is 57.3 Å². The molecule has 1 aliphatic heterocycles. The largest absolute Gasteiger partial charge is 0.368 e. The van der Waals surface area contributed by atoms with Gasteiger partial charge < -0.3 is 15.1 Å². The Balaban J connectivity index is 1.53. The van der Waals surface area contributed by atoms with E-state index in [9.17, 15) is 4.79 Å². The minimum Gasteiger partial charge on any atom is -0.368 e. The minimum atomic E-state index is -0.227. The molecule has 1 N–H and O–H groups in total. The number of para-hydroxylation sites is 1. The normalized spacial score (nSPS) is 16.3. The predicted molar refractivity (Wildman–Crippen MR) is 86.0 cm³/mol. The summed E-state index contributed by atoms with van der Waals surface area (Å²) >= 11 is 0. The van der Waals surface area contributed by atoms with Gasteiger partial charge in [-0.15, -0.1) is 5.10 Å². The number of carbonyl (C=O) groups excluding carboxylic acids is 1. The summed E-state index contributed by atoms with van der Waals surface area (Å²) in [6.07, 6.45) is 0. The fourth-order valence-electron chi connectivity index (χ4n) is 2.75. The molecule has 2 amide bonds. The van der Waals surface area contributed by atoms with Gasteiger partial charge in [-0.25, -0.2) is 9.48 Å². The highest BCUT2D eigenvalue weighted by molar-refractivity contribution is 5.75. The van der Waals surface area contributed by atoms with E-state index < -0.39 is 0 Å². The van der Waals surface area contributed by atoms with Crippen LogP contribution in [0.5, 0.6) is 0 Å². The summed E-state index contributed by atoms with van der Waals surface area (Å²) in [5.41, 5.74) is 1.20. The quantitative estimate of drug-likeness (QED) is 0.906. The van der Waals surface area contributed by atoms with E-state index in [0.29, 0.717) is 18.9 Å². The number of hydrogen-bond donors (Lipinski definition) is 1. The zero-order valence-corrected chi connectivity index (χ0v) is 13.4. The van der Waals surface area contributed by atoms with Crippen LogP contribution >= 0.6 is 0 Å². The molecule has 122 valence electrons. The standard InChI is InChI=1S/C15H21N7O/c1-12(14-17-18-19-20(14)2)16-15(23)22-10-8-21(9-11-22)13-6-4-3-5-7-13/h3-7,12H,8-11H2,1-2H3,(H,16,23)/t12-/m0/s1. The summed E-state index contributed by atoms with van der Waals surface area (Å²) in [6.45, 7) is 4.94. The second-order valence-corrected chi connectivity index (χ2v) is 5.64. The second-order valence-electron chi connectivity index (χ2n) is 5.64. The number of aromatic nitrogens is 4. The molecule has 2 aromatic rings. The average Bonchev–Trinajstić information content (AvgIpc) is 3.02. The van der Waals surface area contributed by atoms with Crippen LogP contribution in [0.4, 0.5) is 10.5 Å². The molecule has 23 heavy (non-hydrogen) atoms. The Labute approximate surface area is 135 Å². The van der Waals surface area contributed by atoms with Crippen molar-refractivity contribution in [1.29, 1.82) is 0 Å². The molecule has 0 spiro atoms. The van der Waals surface area contributed by atoms with Gasteiger partial charge in [-0.1, -0.05) is 18.2 Å². The Hall–Kier alpha value is -2.64. The summed E-state index contributed by atoms with van der Waals surface area (Å²) < 4.78 is 1.57. The lowest BCUT2D eigenvalue weighted by Gasteiger charge is -2.36. The number of urea groups is 1. The van der Waals surface area contributed by atoms with E-state index in [0.717, 1.165) is 13.1 Å². The highest BCUT2D eigenvalue weighted by atomic mass is 16.2. The lowest BCUT2D eigenvalue weighted by molar-refractivity contribution is 0.190. The summed E-state index contributed by atoms with van der Waals surface area (Å²) in [5, 5.41) is 14.3. The number of rotatable bonds is 3. The van der Waals surface area contributed by atoms with Gasteiger partial charge in [0.1, 0.15) is 0 Å². The highest BCUT2D eigenvalue weighted by Crippen LogP contribution is 2.16. The number of hydrogen-bond acceptors (Lipinski definition) is 5. The smallest absolute Gasteiger partial charge is 0.318 e. The van der Waals surface area contributed by atoms with Crippen molar-refractivity contribution in [2.24, 2.45) is 7.05 Å². The summed E-state index contributed by atoms with van der Waals surface area (Å²) in [6, 6.07) is 9.96. The van der Waals surface area contributed by atoms with Gasteiger partial charge in [0, 0.05) is 38.9 Å². The fourth-order valence-corrected chi connectivity index (χ4v) is 2.75. The number of tetrazole rings is 1. The highest BCUT2D eigenvalue weighted by Gasteiger charge is 2.23. The molecule has 1 aromatic carbocycles. The van der Waals surface area contributed by atoms with E-state index in [2.05, 4.69) is 37.9 Å². The summed E-state index contributed by atoms with van der Waals surface area (Å²) in [4.78, 5) is 16.5. The molecule has 1 aromatic heterocycles. The van der Waals surface area contributed by atoms with Crippen molar-refractivity contribution in [3.63, 3.8) is 0 Å². The molecule has 0 unspecified atom stereocenters. The molecule has 8 nitrogen and oxygen atoms in total. The molecule has 1 aliphatic rings. The first-order valence-electron chi connectivity index (χ1n) is 7.73. The third kappa shape index (κ3) is 3.41. The third-order valence-corrected chi connectivity index (χ3v) is 4.07. The topological polar surface area (TPSA) is 79.2 Å². The lowest BCUT2D eigenvalue weighted by atomic mass is 10.2. The average molecular weight is 315 g/mol. The molecule has 3 rings (SSSR count). The van der Waals surface area contributed by atoms with E-state index in [1.54, 1.807) is 11.7 Å². The Bertz CT molecular complexity index is 649. The maximum atomic E-state index is 12.4. The monoisotopic (exact) mass is 315 g/mol. The molecular formula is C15H21N7O. The van der Waals surface area contributed by atoms with Gasteiger partial charge in [0.05, 0.1) is 6.04 Å². The first kappa shape index (κ1) is 15.3. The first-order valence-corrected chi connectivity index (χ1v) is 7.73. The van der Waals surface area contributed by atoms with Gasteiger partial charge in [-0.2, -0.15) is 0 Å². The molecule has 1 atom stereocenters. The van der Waals surface area contributed by atoms with Crippen molar-refractivity contribution >= 4 is 11.7 Å². The number of nitrogens with one attached hydrogen (secondary N) is 1. The maximum absolute atomic E-state index is 12.4. The minimum absolute atomic E-state index is 0.0757. The number of carbonyl (C=O) groups is 1. The Kier molecular flexibility index (Phi) is 4.40. The van der Waals surface area contributed by atoms with Crippen LogP contribution in [0.3, 0.4) is 0 Å². The summed E-state index contributed by atoms with van der Waals surface area (Å²) in [7, 11) is 1.76. The SMILES string of the molecule is C[C@H](NC(=O)N1CCN(c2ccccc2)CC1)c1nnnn1C. The molecule has 0 saturated carbocycles. The van der Waals surface area contributed by atoms with Crippen LogP contribution in [0.25, 0.3) is 0 Å². The molecule has 1 fully saturated rings. The zero-order valence-electron chi connectivity index (χ0n) is 13.4. The number of nitrogens with zero attached hydrogens (tertiary/aromatic N) is 6. The predicted octanol–water partition coefficient (Wildman–Crippen LogP) is 0.803. The fraction of sp³-hybridized carbons (Fsp3) is 0.467. The van der Waals surface area contributed by atoms with Gasteiger partial charge >= 0.3 is 6.03 Å². The molecule has 0 radical (unpaired) electrons. The maximum Gasteiger partial charge on any atom is 0.318 e. The number of amides is 2. The number of piperazine rings is 1. The number of benzene rings is 1. The van der Waals surface area contributed by atoms with E-state index in [-0.39, 0.29) is 12.1 Å². The van der Waals surface area contributed by atoms with Crippen molar-refractivity contribution in [2.75, 3.05) is 31.1 Å². The van der Waals surface area contributed by atoms with Crippen LogP contribution in [0.1, 0.15) is 18.8 Å². The number of aryl methyl sites for hydroxylation is 1. The van der Waals surface area contributed by atoms with Gasteiger partial charge in [0.25, 0.3) is 0 Å². The van der Waals surface area contributed by atoms with Gasteiger partial charge in [0.2, 0.25) is 0 Å². The first-order chi connectivity index (χ1) is 11.1. The molecule has 0 aliphatic carbocycles. The van der Waals surface area contributed by atoms with Crippen LogP contribution < -0.4 is 10.2 Å². The van der Waals surface area contributed by atoms with Gasteiger partial charge in [-0.3, -0.25) is 0 Å². The Morgan fingerprint density at radius 3 is 2.48 bits per heavy atom. The molecular weight excluding hydrogens is 294 g/mol. The van der Waals surface area contributed by atoms with Crippen LogP contribution in [0.15, 0.2) is 30.3 Å².